The molecule has 18 heavy (non-hydrogen) atoms. The quantitative estimate of drug-likeness (QED) is 0.872. The summed E-state index contributed by atoms with van der Waals surface area (Å²) in [5.74, 6) is -0.0516. The fourth-order valence-corrected chi connectivity index (χ4v) is 2.03. The Hall–Kier alpha value is -2.04. The topological polar surface area (TPSA) is 58.6 Å². The summed E-state index contributed by atoms with van der Waals surface area (Å²) in [7, 11) is 1.29. The minimum Gasteiger partial charge on any atom is -0.453 e. The number of carbonyl (C=O) groups excluding carboxylic acids is 2. The maximum atomic E-state index is 12.0. The first-order chi connectivity index (χ1) is 8.70. The van der Waals surface area contributed by atoms with Crippen LogP contribution in [-0.2, 0) is 16.1 Å². The third-order valence-electron chi connectivity index (χ3n) is 2.99. The third-order valence-corrected chi connectivity index (χ3v) is 2.99. The molecule has 1 atom stereocenters. The first-order valence-corrected chi connectivity index (χ1v) is 5.88. The number of ether oxygens (including phenoxy) is 1. The summed E-state index contributed by atoms with van der Waals surface area (Å²) in [5.41, 5.74) is 1.09. The maximum absolute atomic E-state index is 12.0. The lowest BCUT2D eigenvalue weighted by atomic mass is 10.2. The molecule has 1 heterocycles. The predicted molar refractivity (Wildman–Crippen MR) is 65.8 cm³/mol. The van der Waals surface area contributed by atoms with Gasteiger partial charge in [0.1, 0.15) is 6.04 Å². The first kappa shape index (κ1) is 12.4. The molecule has 5 heteroatoms. The fourth-order valence-electron chi connectivity index (χ4n) is 2.03. The summed E-state index contributed by atoms with van der Waals surface area (Å²) >= 11 is 0. The van der Waals surface area contributed by atoms with E-state index in [1.807, 2.05) is 30.3 Å². The van der Waals surface area contributed by atoms with E-state index in [0.717, 1.165) is 5.56 Å². The summed E-state index contributed by atoms with van der Waals surface area (Å²) in [5, 5.41) is 2.54. The molecular formula is C13H16N2O3. The van der Waals surface area contributed by atoms with Crippen LogP contribution in [0, 0.1) is 0 Å². The van der Waals surface area contributed by atoms with Crippen molar-refractivity contribution in [3.05, 3.63) is 35.9 Å². The van der Waals surface area contributed by atoms with E-state index in [2.05, 4.69) is 10.1 Å². The van der Waals surface area contributed by atoms with Gasteiger partial charge in [-0.25, -0.2) is 4.79 Å². The van der Waals surface area contributed by atoms with Gasteiger partial charge in [0.05, 0.1) is 7.11 Å². The van der Waals surface area contributed by atoms with E-state index in [1.54, 1.807) is 4.90 Å². The molecule has 0 aliphatic carbocycles. The Balaban J connectivity index is 1.93. The Morgan fingerprint density at radius 1 is 1.44 bits per heavy atom. The molecule has 1 saturated heterocycles. The van der Waals surface area contributed by atoms with E-state index in [0.29, 0.717) is 19.5 Å². The molecule has 1 aliphatic heterocycles. The van der Waals surface area contributed by atoms with Crippen LogP contribution in [0.2, 0.25) is 0 Å². The Labute approximate surface area is 106 Å². The number of nitrogens with zero attached hydrogens (tertiary/aromatic N) is 1. The molecule has 1 aromatic rings. The number of rotatable bonds is 3. The van der Waals surface area contributed by atoms with Gasteiger partial charge in [-0.15, -0.1) is 0 Å². The van der Waals surface area contributed by atoms with E-state index in [9.17, 15) is 9.59 Å². The Kier molecular flexibility index (Phi) is 3.82. The smallest absolute Gasteiger partial charge is 0.407 e. The molecule has 5 nitrogen and oxygen atoms in total. The first-order valence-electron chi connectivity index (χ1n) is 5.88. The Bertz CT molecular complexity index is 433. The van der Waals surface area contributed by atoms with Crippen LogP contribution in [0.15, 0.2) is 30.3 Å². The second-order valence-electron chi connectivity index (χ2n) is 4.22. The van der Waals surface area contributed by atoms with Gasteiger partial charge in [-0.05, 0) is 12.0 Å². The van der Waals surface area contributed by atoms with Crippen LogP contribution in [0.25, 0.3) is 0 Å². The SMILES string of the molecule is COC(=O)NC1CCN(Cc2ccccc2)C1=O. The van der Waals surface area contributed by atoms with Gasteiger partial charge in [0, 0.05) is 13.1 Å². The number of hydrogen-bond acceptors (Lipinski definition) is 3. The molecule has 0 bridgehead atoms. The van der Waals surface area contributed by atoms with E-state index in [1.165, 1.54) is 7.11 Å². The fraction of sp³-hybridized carbons (Fsp3) is 0.385. The molecule has 1 fully saturated rings. The van der Waals surface area contributed by atoms with Crippen molar-refractivity contribution in [2.75, 3.05) is 13.7 Å². The van der Waals surface area contributed by atoms with Crippen LogP contribution in [0.1, 0.15) is 12.0 Å². The largest absolute Gasteiger partial charge is 0.453 e. The second kappa shape index (κ2) is 5.53. The number of likely N-dealkylation sites (tertiary alicyclic amines) is 1. The molecule has 0 saturated carbocycles. The van der Waals surface area contributed by atoms with Gasteiger partial charge in [0.25, 0.3) is 0 Å². The standard InChI is InChI=1S/C13H16N2O3/c1-18-13(17)14-11-7-8-15(12(11)16)9-10-5-3-2-4-6-10/h2-6,11H,7-9H2,1H3,(H,14,17). The van der Waals surface area contributed by atoms with E-state index in [-0.39, 0.29) is 5.91 Å². The van der Waals surface area contributed by atoms with Gasteiger partial charge in [-0.3, -0.25) is 4.79 Å². The zero-order valence-corrected chi connectivity index (χ0v) is 10.3. The van der Waals surface area contributed by atoms with Crippen molar-refractivity contribution >= 4 is 12.0 Å². The lowest BCUT2D eigenvalue weighted by molar-refractivity contribution is -0.129. The maximum Gasteiger partial charge on any atom is 0.407 e. The average molecular weight is 248 g/mol. The number of amides is 2. The van der Waals surface area contributed by atoms with Crippen molar-refractivity contribution in [3.8, 4) is 0 Å². The van der Waals surface area contributed by atoms with Gasteiger partial charge >= 0.3 is 6.09 Å². The van der Waals surface area contributed by atoms with Gasteiger partial charge in [-0.1, -0.05) is 30.3 Å². The van der Waals surface area contributed by atoms with Crippen molar-refractivity contribution in [3.63, 3.8) is 0 Å². The molecule has 0 radical (unpaired) electrons. The number of alkyl carbamates (subject to hydrolysis) is 1. The molecule has 1 unspecified atom stereocenters. The van der Waals surface area contributed by atoms with Gasteiger partial charge in [0.15, 0.2) is 0 Å². The third kappa shape index (κ3) is 2.80. The minimum absolute atomic E-state index is 0.0516. The monoisotopic (exact) mass is 248 g/mol. The highest BCUT2D eigenvalue weighted by molar-refractivity contribution is 5.87. The lowest BCUT2D eigenvalue weighted by Crippen LogP contribution is -2.41. The molecule has 2 amide bonds. The predicted octanol–water partition coefficient (Wildman–Crippen LogP) is 1.14. The van der Waals surface area contributed by atoms with Crippen LogP contribution >= 0.6 is 0 Å². The summed E-state index contributed by atoms with van der Waals surface area (Å²) in [6, 6.07) is 9.33. The Morgan fingerprint density at radius 2 is 2.17 bits per heavy atom. The lowest BCUT2D eigenvalue weighted by Gasteiger charge is -2.16. The van der Waals surface area contributed by atoms with Crippen LogP contribution in [0.4, 0.5) is 4.79 Å². The molecule has 1 aliphatic rings. The van der Waals surface area contributed by atoms with E-state index >= 15 is 0 Å². The number of carbonyl (C=O) groups is 2. The summed E-state index contributed by atoms with van der Waals surface area (Å²) < 4.78 is 4.49. The van der Waals surface area contributed by atoms with Crippen LogP contribution < -0.4 is 5.32 Å². The number of benzene rings is 1. The van der Waals surface area contributed by atoms with E-state index in [4.69, 9.17) is 0 Å². The molecule has 0 spiro atoms. The van der Waals surface area contributed by atoms with Crippen molar-refractivity contribution in [1.82, 2.24) is 10.2 Å². The molecular weight excluding hydrogens is 232 g/mol. The second-order valence-corrected chi connectivity index (χ2v) is 4.22. The molecule has 96 valence electrons. The van der Waals surface area contributed by atoms with Crippen LogP contribution in [0.3, 0.4) is 0 Å². The highest BCUT2D eigenvalue weighted by Crippen LogP contribution is 2.15. The zero-order valence-electron chi connectivity index (χ0n) is 10.3. The highest BCUT2D eigenvalue weighted by atomic mass is 16.5. The Morgan fingerprint density at radius 3 is 2.83 bits per heavy atom. The van der Waals surface area contributed by atoms with E-state index < -0.39 is 12.1 Å². The molecule has 1 aromatic carbocycles. The molecule has 1 N–H and O–H groups in total. The minimum atomic E-state index is -0.560. The summed E-state index contributed by atoms with van der Waals surface area (Å²) in [4.78, 5) is 24.8. The normalized spacial score (nSPS) is 18.8. The van der Waals surface area contributed by atoms with Crippen molar-refractivity contribution in [2.24, 2.45) is 0 Å². The van der Waals surface area contributed by atoms with Crippen molar-refractivity contribution in [1.29, 1.82) is 0 Å². The summed E-state index contributed by atoms with van der Waals surface area (Å²) in [6.45, 7) is 1.24. The van der Waals surface area contributed by atoms with Crippen molar-refractivity contribution < 1.29 is 14.3 Å². The molecule has 2 rings (SSSR count). The van der Waals surface area contributed by atoms with Gasteiger partial charge < -0.3 is 15.0 Å². The van der Waals surface area contributed by atoms with Gasteiger partial charge in [0.2, 0.25) is 5.91 Å². The highest BCUT2D eigenvalue weighted by Gasteiger charge is 2.32. The van der Waals surface area contributed by atoms with Crippen LogP contribution in [-0.4, -0.2) is 36.6 Å². The number of nitrogens with one attached hydrogen (secondary N) is 1. The van der Waals surface area contributed by atoms with Crippen molar-refractivity contribution in [2.45, 2.75) is 19.0 Å². The van der Waals surface area contributed by atoms with Gasteiger partial charge in [-0.2, -0.15) is 0 Å². The number of hydrogen-bond donors (Lipinski definition) is 1. The average Bonchev–Trinajstić information content (AvgIpc) is 2.73. The zero-order chi connectivity index (χ0) is 13.0. The summed E-state index contributed by atoms with van der Waals surface area (Å²) in [6.07, 6.45) is 0.0655. The number of methoxy groups -OCH3 is 1. The van der Waals surface area contributed by atoms with Crippen LogP contribution in [0.5, 0.6) is 0 Å². The molecule has 0 aromatic heterocycles.